The smallest absolute Gasteiger partial charge is 0.232 e. The Morgan fingerprint density at radius 1 is 1.12 bits per heavy atom. The van der Waals surface area contributed by atoms with Gasteiger partial charge in [0.2, 0.25) is 10.0 Å². The van der Waals surface area contributed by atoms with Gasteiger partial charge in [-0.15, -0.1) is 0 Å². The SMILES string of the molecule is Cc1cccc(CC(=O)CN(c2cccc(Cl)c2Cl)S(C)(=O)=O)c1. The molecular formula is C17H17Cl2NO3S. The number of carbonyl (C=O) groups is 1. The van der Waals surface area contributed by atoms with Gasteiger partial charge in [0.25, 0.3) is 0 Å². The van der Waals surface area contributed by atoms with E-state index in [1.54, 1.807) is 12.1 Å². The highest BCUT2D eigenvalue weighted by Gasteiger charge is 2.23. The van der Waals surface area contributed by atoms with Crippen molar-refractivity contribution in [2.24, 2.45) is 0 Å². The van der Waals surface area contributed by atoms with E-state index < -0.39 is 10.0 Å². The summed E-state index contributed by atoms with van der Waals surface area (Å²) in [5, 5.41) is 0.335. The third-order valence-electron chi connectivity index (χ3n) is 3.40. The molecule has 2 aromatic rings. The number of hydrogen-bond donors (Lipinski definition) is 0. The van der Waals surface area contributed by atoms with Crippen LogP contribution in [-0.2, 0) is 21.2 Å². The second kappa shape index (κ2) is 7.55. The molecular weight excluding hydrogens is 369 g/mol. The Labute approximate surface area is 152 Å². The molecule has 4 nitrogen and oxygen atoms in total. The molecule has 7 heteroatoms. The third kappa shape index (κ3) is 4.72. The molecule has 2 aromatic carbocycles. The summed E-state index contributed by atoms with van der Waals surface area (Å²) < 4.78 is 25.2. The number of hydrogen-bond acceptors (Lipinski definition) is 3. The third-order valence-corrected chi connectivity index (χ3v) is 5.34. The van der Waals surface area contributed by atoms with Gasteiger partial charge < -0.3 is 0 Å². The molecule has 0 bridgehead atoms. The predicted molar refractivity (Wildman–Crippen MR) is 98.5 cm³/mol. The number of carbonyl (C=O) groups excluding carboxylic acids is 1. The summed E-state index contributed by atoms with van der Waals surface area (Å²) >= 11 is 12.1. The Bertz CT molecular complexity index is 866. The van der Waals surface area contributed by atoms with Gasteiger partial charge in [0.1, 0.15) is 0 Å². The molecule has 0 N–H and O–H groups in total. The number of rotatable bonds is 6. The Kier molecular flexibility index (Phi) is 5.91. The zero-order valence-corrected chi connectivity index (χ0v) is 15.6. The number of ketones is 1. The average Bonchev–Trinajstić information content (AvgIpc) is 2.47. The maximum Gasteiger partial charge on any atom is 0.232 e. The summed E-state index contributed by atoms with van der Waals surface area (Å²) in [7, 11) is -3.68. The fourth-order valence-corrected chi connectivity index (χ4v) is 3.67. The van der Waals surface area contributed by atoms with E-state index in [1.807, 2.05) is 31.2 Å². The van der Waals surface area contributed by atoms with E-state index in [1.165, 1.54) is 6.07 Å². The molecule has 0 amide bonds. The summed E-state index contributed by atoms with van der Waals surface area (Å²) in [6.45, 7) is 1.63. The fourth-order valence-electron chi connectivity index (χ4n) is 2.33. The molecule has 0 unspecified atom stereocenters. The normalized spacial score (nSPS) is 11.3. The highest BCUT2D eigenvalue weighted by molar-refractivity contribution is 7.92. The van der Waals surface area contributed by atoms with E-state index in [9.17, 15) is 13.2 Å². The van der Waals surface area contributed by atoms with E-state index in [-0.39, 0.29) is 34.5 Å². The molecule has 0 spiro atoms. The number of aryl methyl sites for hydroxylation is 1. The monoisotopic (exact) mass is 385 g/mol. The highest BCUT2D eigenvalue weighted by Crippen LogP contribution is 2.33. The Hall–Kier alpha value is -1.56. The number of sulfonamides is 1. The summed E-state index contributed by atoms with van der Waals surface area (Å²) in [5.74, 6) is -0.234. The van der Waals surface area contributed by atoms with Crippen LogP contribution in [0.2, 0.25) is 10.0 Å². The van der Waals surface area contributed by atoms with E-state index in [0.717, 1.165) is 21.7 Å². The number of benzene rings is 2. The molecule has 0 heterocycles. The lowest BCUT2D eigenvalue weighted by Gasteiger charge is -2.23. The molecule has 0 fully saturated rings. The zero-order valence-electron chi connectivity index (χ0n) is 13.3. The molecule has 0 aromatic heterocycles. The lowest BCUT2D eigenvalue weighted by Crippen LogP contribution is -2.35. The number of halogens is 2. The topological polar surface area (TPSA) is 54.5 Å². The van der Waals surface area contributed by atoms with Gasteiger partial charge in [-0.3, -0.25) is 9.10 Å². The van der Waals surface area contributed by atoms with Crippen molar-refractivity contribution in [2.45, 2.75) is 13.3 Å². The molecule has 0 radical (unpaired) electrons. The van der Waals surface area contributed by atoms with Crippen LogP contribution >= 0.6 is 23.2 Å². The minimum Gasteiger partial charge on any atom is -0.297 e. The predicted octanol–water partition coefficient (Wildman–Crippen LogP) is 3.88. The van der Waals surface area contributed by atoms with Crippen molar-refractivity contribution in [1.82, 2.24) is 0 Å². The summed E-state index contributed by atoms with van der Waals surface area (Å²) in [6, 6.07) is 12.2. The maximum absolute atomic E-state index is 12.4. The van der Waals surface area contributed by atoms with Gasteiger partial charge in [0.15, 0.2) is 5.78 Å². The second-order valence-electron chi connectivity index (χ2n) is 5.55. The average molecular weight is 386 g/mol. The van der Waals surface area contributed by atoms with Crippen LogP contribution in [-0.4, -0.2) is 27.0 Å². The molecule has 2 rings (SSSR count). The molecule has 0 aliphatic rings. The van der Waals surface area contributed by atoms with Gasteiger partial charge in [-0.25, -0.2) is 8.42 Å². The van der Waals surface area contributed by atoms with Gasteiger partial charge in [-0.2, -0.15) is 0 Å². The standard InChI is InChI=1S/C17H17Cl2NO3S/c1-12-5-3-6-13(9-12)10-14(21)11-20(24(2,22)23)16-8-4-7-15(18)17(16)19/h3-9H,10-11H2,1-2H3. The Morgan fingerprint density at radius 2 is 1.79 bits per heavy atom. The van der Waals surface area contributed by atoms with E-state index in [4.69, 9.17) is 23.2 Å². The second-order valence-corrected chi connectivity index (χ2v) is 8.24. The minimum atomic E-state index is -3.68. The molecule has 24 heavy (non-hydrogen) atoms. The van der Waals surface area contributed by atoms with E-state index in [2.05, 4.69) is 0 Å². The van der Waals surface area contributed by atoms with Gasteiger partial charge >= 0.3 is 0 Å². The first-order valence-electron chi connectivity index (χ1n) is 7.17. The van der Waals surface area contributed by atoms with Crippen LogP contribution in [0.1, 0.15) is 11.1 Å². The zero-order chi connectivity index (χ0) is 17.9. The van der Waals surface area contributed by atoms with Crippen molar-refractivity contribution in [1.29, 1.82) is 0 Å². The van der Waals surface area contributed by atoms with Crippen LogP contribution < -0.4 is 4.31 Å². The van der Waals surface area contributed by atoms with E-state index in [0.29, 0.717) is 0 Å². The summed E-state index contributed by atoms with van der Waals surface area (Å²) in [4.78, 5) is 12.4. The van der Waals surface area contributed by atoms with Crippen LogP contribution in [0.25, 0.3) is 0 Å². The first-order valence-corrected chi connectivity index (χ1v) is 9.78. The van der Waals surface area contributed by atoms with Crippen molar-refractivity contribution < 1.29 is 13.2 Å². The number of anilines is 1. The summed E-state index contributed by atoms with van der Waals surface area (Å²) in [6.07, 6.45) is 1.18. The lowest BCUT2D eigenvalue weighted by atomic mass is 10.1. The molecule has 0 saturated heterocycles. The van der Waals surface area contributed by atoms with Crippen LogP contribution in [0, 0.1) is 6.92 Å². The molecule has 0 atom stereocenters. The van der Waals surface area contributed by atoms with Crippen LogP contribution in [0.5, 0.6) is 0 Å². The number of Topliss-reactive ketones (excluding diaryl/α,β-unsaturated/α-hetero) is 1. The lowest BCUT2D eigenvalue weighted by molar-refractivity contribution is -0.117. The van der Waals surface area contributed by atoms with Crippen molar-refractivity contribution in [3.63, 3.8) is 0 Å². The minimum absolute atomic E-state index is 0.105. The quantitative estimate of drug-likeness (QED) is 0.757. The van der Waals surface area contributed by atoms with Crippen molar-refractivity contribution in [2.75, 3.05) is 17.1 Å². The molecule has 0 saturated carbocycles. The van der Waals surface area contributed by atoms with Crippen LogP contribution in [0.15, 0.2) is 42.5 Å². The largest absolute Gasteiger partial charge is 0.297 e. The van der Waals surface area contributed by atoms with E-state index >= 15 is 0 Å². The fraction of sp³-hybridized carbons (Fsp3) is 0.235. The van der Waals surface area contributed by atoms with Gasteiger partial charge in [0, 0.05) is 6.42 Å². The van der Waals surface area contributed by atoms with Gasteiger partial charge in [-0.05, 0) is 24.6 Å². The first-order chi connectivity index (χ1) is 11.2. The molecule has 0 aliphatic heterocycles. The first kappa shape index (κ1) is 18.8. The van der Waals surface area contributed by atoms with Gasteiger partial charge in [0.05, 0.1) is 28.5 Å². The van der Waals surface area contributed by atoms with Crippen molar-refractivity contribution in [3.05, 3.63) is 63.6 Å². The maximum atomic E-state index is 12.4. The van der Waals surface area contributed by atoms with Crippen LogP contribution in [0.3, 0.4) is 0 Å². The molecule has 128 valence electrons. The van der Waals surface area contributed by atoms with Crippen molar-refractivity contribution in [3.8, 4) is 0 Å². The Balaban J connectivity index is 2.27. The van der Waals surface area contributed by atoms with Crippen molar-refractivity contribution >= 4 is 44.7 Å². The Morgan fingerprint density at radius 3 is 2.42 bits per heavy atom. The molecule has 0 aliphatic carbocycles. The number of nitrogens with zero attached hydrogens (tertiary/aromatic N) is 1. The summed E-state index contributed by atoms with van der Waals surface area (Å²) in [5.41, 5.74) is 2.08. The van der Waals surface area contributed by atoms with Crippen LogP contribution in [0.4, 0.5) is 5.69 Å². The highest BCUT2D eigenvalue weighted by atomic mass is 35.5. The van der Waals surface area contributed by atoms with Gasteiger partial charge in [-0.1, -0.05) is 59.1 Å².